The zero-order valence-corrected chi connectivity index (χ0v) is 12.8. The van der Waals surface area contributed by atoms with Crippen LogP contribution >= 0.6 is 0 Å². The molecule has 0 aliphatic carbocycles. The van der Waals surface area contributed by atoms with Gasteiger partial charge in [0.1, 0.15) is 0 Å². The number of carbonyl (C=O) groups is 1. The Kier molecular flexibility index (Phi) is 3.73. The van der Waals surface area contributed by atoms with Crippen molar-refractivity contribution in [2.45, 2.75) is 32.4 Å². The first-order valence-corrected chi connectivity index (χ1v) is 7.74. The van der Waals surface area contributed by atoms with Crippen molar-refractivity contribution in [3.8, 4) is 11.6 Å². The highest BCUT2D eigenvalue weighted by atomic mass is 16.5. The van der Waals surface area contributed by atoms with Gasteiger partial charge in [-0.25, -0.2) is 9.97 Å². The fraction of sp³-hybridized carbons (Fsp3) is 0.333. The summed E-state index contributed by atoms with van der Waals surface area (Å²) in [5.41, 5.74) is 1.60. The summed E-state index contributed by atoms with van der Waals surface area (Å²) >= 11 is 0. The predicted octanol–water partition coefficient (Wildman–Crippen LogP) is 0.989. The smallest absolute Gasteiger partial charge is 0.255 e. The van der Waals surface area contributed by atoms with Crippen LogP contribution in [0.5, 0.6) is 0 Å². The second-order valence-electron chi connectivity index (χ2n) is 5.45. The van der Waals surface area contributed by atoms with Crippen LogP contribution in [-0.2, 0) is 19.5 Å². The Labute approximate surface area is 137 Å². The van der Waals surface area contributed by atoms with Gasteiger partial charge in [0.25, 0.3) is 5.91 Å². The third-order valence-electron chi connectivity index (χ3n) is 3.86. The van der Waals surface area contributed by atoms with Crippen molar-refractivity contribution in [2.75, 3.05) is 0 Å². The van der Waals surface area contributed by atoms with Crippen molar-refractivity contribution in [2.24, 2.45) is 0 Å². The molecule has 0 saturated carbocycles. The molecule has 0 bridgehead atoms. The fourth-order valence-corrected chi connectivity index (χ4v) is 2.69. The molecule has 9 heteroatoms. The van der Waals surface area contributed by atoms with Gasteiger partial charge in [0.05, 0.1) is 24.0 Å². The number of hydrogen-bond acceptors (Lipinski definition) is 7. The highest BCUT2D eigenvalue weighted by molar-refractivity contribution is 5.95. The van der Waals surface area contributed by atoms with Crippen LogP contribution in [0.4, 0.5) is 0 Å². The highest BCUT2D eigenvalue weighted by Crippen LogP contribution is 2.18. The molecule has 0 radical (unpaired) electrons. The van der Waals surface area contributed by atoms with Crippen LogP contribution in [0.2, 0.25) is 0 Å². The number of nitrogens with one attached hydrogen (secondary N) is 1. The molecule has 0 aromatic carbocycles. The number of aromatic nitrogens is 6. The number of rotatable bonds is 4. The summed E-state index contributed by atoms with van der Waals surface area (Å²) in [5.74, 6) is 0.785. The van der Waals surface area contributed by atoms with E-state index in [4.69, 9.17) is 4.52 Å². The molecule has 3 aromatic rings. The van der Waals surface area contributed by atoms with Gasteiger partial charge in [0.15, 0.2) is 0 Å². The molecular weight excluding hydrogens is 310 g/mol. The minimum atomic E-state index is -0.186. The van der Waals surface area contributed by atoms with Crippen molar-refractivity contribution < 1.29 is 9.32 Å². The molecule has 1 aliphatic heterocycles. The first-order chi connectivity index (χ1) is 11.8. The largest absolute Gasteiger partial charge is 0.343 e. The topological polar surface area (TPSA) is 112 Å². The number of amides is 1. The van der Waals surface area contributed by atoms with Gasteiger partial charge in [0, 0.05) is 18.9 Å². The van der Waals surface area contributed by atoms with E-state index in [-0.39, 0.29) is 12.5 Å². The van der Waals surface area contributed by atoms with E-state index in [1.54, 1.807) is 24.7 Å². The van der Waals surface area contributed by atoms with E-state index in [1.807, 2.05) is 4.68 Å². The summed E-state index contributed by atoms with van der Waals surface area (Å²) in [7, 11) is 0. The maximum atomic E-state index is 12.3. The zero-order chi connectivity index (χ0) is 16.4. The van der Waals surface area contributed by atoms with Gasteiger partial charge in [-0.05, 0) is 25.3 Å². The van der Waals surface area contributed by atoms with E-state index in [2.05, 4.69) is 30.5 Å². The van der Waals surface area contributed by atoms with Crippen LogP contribution in [-0.4, -0.2) is 35.8 Å². The zero-order valence-electron chi connectivity index (χ0n) is 12.8. The minimum Gasteiger partial charge on any atom is -0.343 e. The molecule has 1 aliphatic rings. The summed E-state index contributed by atoms with van der Waals surface area (Å²) in [5, 5.41) is 10.9. The molecule has 24 heavy (non-hydrogen) atoms. The van der Waals surface area contributed by atoms with E-state index in [9.17, 15) is 4.79 Å². The van der Waals surface area contributed by atoms with E-state index in [0.717, 1.165) is 31.5 Å². The van der Waals surface area contributed by atoms with Gasteiger partial charge in [-0.15, -0.1) is 0 Å². The van der Waals surface area contributed by atoms with Gasteiger partial charge in [-0.2, -0.15) is 10.1 Å². The van der Waals surface area contributed by atoms with Crippen LogP contribution in [0.1, 0.15) is 34.8 Å². The number of hydrogen-bond donors (Lipinski definition) is 1. The molecular formula is C15H15N7O2. The van der Waals surface area contributed by atoms with Crippen LogP contribution in [0.25, 0.3) is 11.6 Å². The second kappa shape index (κ2) is 6.19. The average molecular weight is 325 g/mol. The second-order valence-corrected chi connectivity index (χ2v) is 5.45. The number of carbonyl (C=O) groups excluding carboxylic acids is 1. The van der Waals surface area contributed by atoms with Crippen molar-refractivity contribution in [3.63, 3.8) is 0 Å². The molecule has 0 unspecified atom stereocenters. The normalized spacial score (nSPS) is 13.5. The van der Waals surface area contributed by atoms with Gasteiger partial charge in [-0.1, -0.05) is 5.16 Å². The molecule has 4 rings (SSSR count). The van der Waals surface area contributed by atoms with Gasteiger partial charge >= 0.3 is 0 Å². The summed E-state index contributed by atoms with van der Waals surface area (Å²) in [6, 6.07) is 1.71. The lowest BCUT2D eigenvalue weighted by Crippen LogP contribution is -2.24. The van der Waals surface area contributed by atoms with Gasteiger partial charge < -0.3 is 9.84 Å². The lowest BCUT2D eigenvalue weighted by molar-refractivity contribution is 0.0945. The Balaban J connectivity index is 1.43. The average Bonchev–Trinajstić information content (AvgIpc) is 3.27. The van der Waals surface area contributed by atoms with Crippen LogP contribution in [0, 0.1) is 0 Å². The van der Waals surface area contributed by atoms with Crippen molar-refractivity contribution in [3.05, 3.63) is 41.8 Å². The Bertz CT molecular complexity index is 856. The summed E-state index contributed by atoms with van der Waals surface area (Å²) in [6.07, 6.45) is 7.87. The lowest BCUT2D eigenvalue weighted by atomic mass is 10.1. The van der Waals surface area contributed by atoms with Crippen molar-refractivity contribution in [1.82, 2.24) is 35.2 Å². The molecule has 0 fully saturated rings. The molecule has 1 amide bonds. The maximum absolute atomic E-state index is 12.3. The lowest BCUT2D eigenvalue weighted by Gasteiger charge is -2.14. The van der Waals surface area contributed by atoms with Crippen molar-refractivity contribution >= 4 is 5.91 Å². The Morgan fingerprint density at radius 1 is 1.25 bits per heavy atom. The minimum absolute atomic E-state index is 0.142. The first-order valence-electron chi connectivity index (χ1n) is 7.74. The summed E-state index contributed by atoms with van der Waals surface area (Å²) < 4.78 is 7.02. The quantitative estimate of drug-likeness (QED) is 0.761. The Hall–Kier alpha value is -3.10. The van der Waals surface area contributed by atoms with E-state index < -0.39 is 0 Å². The van der Waals surface area contributed by atoms with Crippen LogP contribution < -0.4 is 5.32 Å². The number of aryl methyl sites for hydroxylation is 1. The Morgan fingerprint density at radius 3 is 3.00 bits per heavy atom. The Morgan fingerprint density at radius 2 is 2.12 bits per heavy atom. The van der Waals surface area contributed by atoms with E-state index in [1.165, 1.54) is 0 Å². The molecule has 4 heterocycles. The fourth-order valence-electron chi connectivity index (χ4n) is 2.69. The van der Waals surface area contributed by atoms with Gasteiger partial charge in [-0.3, -0.25) is 9.48 Å². The number of fused-ring (bicyclic) bond motifs is 1. The third kappa shape index (κ3) is 2.75. The maximum Gasteiger partial charge on any atom is 0.255 e. The predicted molar refractivity (Wildman–Crippen MR) is 81.7 cm³/mol. The number of nitrogens with zero attached hydrogens (tertiary/aromatic N) is 6. The van der Waals surface area contributed by atoms with Crippen LogP contribution in [0.15, 0.2) is 29.2 Å². The summed E-state index contributed by atoms with van der Waals surface area (Å²) in [6.45, 7) is 1.01. The monoisotopic (exact) mass is 325 g/mol. The van der Waals surface area contributed by atoms with Crippen molar-refractivity contribution in [1.29, 1.82) is 0 Å². The molecule has 3 aromatic heterocycles. The molecule has 122 valence electrons. The molecule has 1 N–H and O–H groups in total. The first kappa shape index (κ1) is 14.5. The third-order valence-corrected chi connectivity index (χ3v) is 3.86. The van der Waals surface area contributed by atoms with E-state index in [0.29, 0.717) is 23.1 Å². The van der Waals surface area contributed by atoms with Crippen LogP contribution in [0.3, 0.4) is 0 Å². The standard InChI is InChI=1S/C15H15N7O2/c23-15(10-8-19-22-7-2-1-4-11(10)22)18-9-12-20-14(21-24-12)13-16-5-3-6-17-13/h3,5-6,8H,1-2,4,7,9H2,(H,18,23). The molecule has 0 spiro atoms. The van der Waals surface area contributed by atoms with E-state index >= 15 is 0 Å². The highest BCUT2D eigenvalue weighted by Gasteiger charge is 2.20. The summed E-state index contributed by atoms with van der Waals surface area (Å²) in [4.78, 5) is 24.6. The molecule has 9 nitrogen and oxygen atoms in total. The molecule has 0 saturated heterocycles. The van der Waals surface area contributed by atoms with Gasteiger partial charge in [0.2, 0.25) is 17.5 Å². The SMILES string of the molecule is O=C(NCc1nc(-c2ncccn2)no1)c1cnn2c1CCCC2. The molecule has 0 atom stereocenters.